The SMILES string of the molecule is OC(c1c(C2CC2)ccn2cncc12)[C@H]1CC[C@@H](O)CC1. The quantitative estimate of drug-likeness (QED) is 0.912. The molecule has 0 amide bonds. The topological polar surface area (TPSA) is 57.8 Å². The first kappa shape index (κ1) is 13.3. The van der Waals surface area contributed by atoms with Crippen molar-refractivity contribution in [2.45, 2.75) is 56.7 Å². The Kier molecular flexibility index (Phi) is 3.23. The molecule has 4 rings (SSSR count). The molecule has 2 saturated carbocycles. The number of aliphatic hydroxyl groups excluding tert-OH is 2. The van der Waals surface area contributed by atoms with Crippen LogP contribution >= 0.6 is 0 Å². The van der Waals surface area contributed by atoms with Gasteiger partial charge in [-0.2, -0.15) is 0 Å². The number of pyridine rings is 1. The van der Waals surface area contributed by atoms with Gasteiger partial charge >= 0.3 is 0 Å². The van der Waals surface area contributed by atoms with E-state index in [0.29, 0.717) is 5.92 Å². The van der Waals surface area contributed by atoms with Crippen molar-refractivity contribution in [1.82, 2.24) is 9.38 Å². The van der Waals surface area contributed by atoms with Crippen molar-refractivity contribution in [2.24, 2.45) is 5.92 Å². The fourth-order valence-corrected chi connectivity index (χ4v) is 3.76. The highest BCUT2D eigenvalue weighted by atomic mass is 16.3. The first-order valence-electron chi connectivity index (χ1n) is 8.04. The molecule has 4 heteroatoms. The molecule has 2 aliphatic rings. The highest BCUT2D eigenvalue weighted by Crippen LogP contribution is 2.46. The highest BCUT2D eigenvalue weighted by molar-refractivity contribution is 5.59. The lowest BCUT2D eigenvalue weighted by Crippen LogP contribution is -2.24. The summed E-state index contributed by atoms with van der Waals surface area (Å²) in [5, 5.41) is 20.7. The van der Waals surface area contributed by atoms with Gasteiger partial charge in [0.2, 0.25) is 0 Å². The van der Waals surface area contributed by atoms with Crippen LogP contribution in [0.4, 0.5) is 0 Å². The minimum Gasteiger partial charge on any atom is -0.393 e. The van der Waals surface area contributed by atoms with Gasteiger partial charge in [0.25, 0.3) is 0 Å². The molecule has 1 unspecified atom stereocenters. The van der Waals surface area contributed by atoms with E-state index in [-0.39, 0.29) is 12.0 Å². The Hall–Kier alpha value is -1.39. The third-order valence-electron chi connectivity index (χ3n) is 5.17. The summed E-state index contributed by atoms with van der Waals surface area (Å²) in [7, 11) is 0. The van der Waals surface area contributed by atoms with Crippen LogP contribution < -0.4 is 0 Å². The molecule has 0 bridgehead atoms. The number of nitrogens with zero attached hydrogens (tertiary/aromatic N) is 2. The Morgan fingerprint density at radius 2 is 1.90 bits per heavy atom. The minimum atomic E-state index is -0.437. The van der Waals surface area contributed by atoms with Gasteiger partial charge in [-0.15, -0.1) is 0 Å². The number of fused-ring (bicyclic) bond motifs is 1. The van der Waals surface area contributed by atoms with Gasteiger partial charge < -0.3 is 14.6 Å². The molecule has 2 aromatic rings. The van der Waals surface area contributed by atoms with Crippen molar-refractivity contribution in [3.63, 3.8) is 0 Å². The Morgan fingerprint density at radius 1 is 1.14 bits per heavy atom. The molecule has 2 fully saturated rings. The van der Waals surface area contributed by atoms with Gasteiger partial charge in [-0.05, 0) is 62.0 Å². The molecule has 112 valence electrons. The summed E-state index contributed by atoms with van der Waals surface area (Å²) in [6.07, 6.45) is 11.0. The summed E-state index contributed by atoms with van der Waals surface area (Å²) >= 11 is 0. The van der Waals surface area contributed by atoms with E-state index >= 15 is 0 Å². The average molecular weight is 286 g/mol. The second-order valence-electron chi connectivity index (χ2n) is 6.66. The average Bonchev–Trinajstić information content (AvgIpc) is 3.23. The van der Waals surface area contributed by atoms with E-state index in [1.54, 1.807) is 6.33 Å². The molecule has 0 radical (unpaired) electrons. The fourth-order valence-electron chi connectivity index (χ4n) is 3.76. The number of hydrogen-bond donors (Lipinski definition) is 2. The van der Waals surface area contributed by atoms with Crippen LogP contribution in [0.2, 0.25) is 0 Å². The number of hydrogen-bond acceptors (Lipinski definition) is 3. The molecule has 2 heterocycles. The van der Waals surface area contributed by atoms with E-state index in [1.165, 1.54) is 18.4 Å². The zero-order chi connectivity index (χ0) is 14.4. The first-order chi connectivity index (χ1) is 10.2. The van der Waals surface area contributed by atoms with E-state index in [0.717, 1.165) is 36.8 Å². The van der Waals surface area contributed by atoms with Crippen LogP contribution in [0, 0.1) is 5.92 Å². The normalized spacial score (nSPS) is 27.9. The lowest BCUT2D eigenvalue weighted by molar-refractivity contribution is 0.0415. The van der Waals surface area contributed by atoms with Crippen LogP contribution in [0.5, 0.6) is 0 Å². The van der Waals surface area contributed by atoms with Crippen LogP contribution in [0.1, 0.15) is 61.7 Å². The second kappa shape index (κ2) is 5.11. The summed E-state index contributed by atoms with van der Waals surface area (Å²) < 4.78 is 2.00. The lowest BCUT2D eigenvalue weighted by Gasteiger charge is -2.30. The van der Waals surface area contributed by atoms with Gasteiger partial charge in [-0.3, -0.25) is 0 Å². The zero-order valence-corrected chi connectivity index (χ0v) is 12.2. The largest absolute Gasteiger partial charge is 0.393 e. The molecule has 1 atom stereocenters. The van der Waals surface area contributed by atoms with Gasteiger partial charge in [-0.1, -0.05) is 0 Å². The van der Waals surface area contributed by atoms with Crippen molar-refractivity contribution in [1.29, 1.82) is 0 Å². The molecule has 4 nitrogen and oxygen atoms in total. The molecular formula is C17H22N2O2. The van der Waals surface area contributed by atoms with Crippen molar-refractivity contribution in [2.75, 3.05) is 0 Å². The van der Waals surface area contributed by atoms with E-state index in [9.17, 15) is 10.2 Å². The van der Waals surface area contributed by atoms with Crippen LogP contribution in [0.3, 0.4) is 0 Å². The van der Waals surface area contributed by atoms with Crippen LogP contribution in [0.15, 0.2) is 24.8 Å². The maximum absolute atomic E-state index is 11.0. The van der Waals surface area contributed by atoms with Crippen molar-refractivity contribution >= 4 is 5.52 Å². The second-order valence-corrected chi connectivity index (χ2v) is 6.66. The summed E-state index contributed by atoms with van der Waals surface area (Å²) in [6, 6.07) is 2.16. The monoisotopic (exact) mass is 286 g/mol. The molecule has 0 saturated heterocycles. The Morgan fingerprint density at radius 3 is 2.62 bits per heavy atom. The minimum absolute atomic E-state index is 0.179. The van der Waals surface area contributed by atoms with Crippen LogP contribution in [-0.2, 0) is 0 Å². The van der Waals surface area contributed by atoms with Gasteiger partial charge in [0.05, 0.1) is 30.2 Å². The summed E-state index contributed by atoms with van der Waals surface area (Å²) in [4.78, 5) is 4.23. The number of aliphatic hydroxyl groups is 2. The summed E-state index contributed by atoms with van der Waals surface area (Å²) in [6.45, 7) is 0. The summed E-state index contributed by atoms with van der Waals surface area (Å²) in [5.74, 6) is 0.871. The zero-order valence-electron chi connectivity index (χ0n) is 12.2. The summed E-state index contributed by atoms with van der Waals surface area (Å²) in [5.41, 5.74) is 3.43. The van der Waals surface area contributed by atoms with Crippen LogP contribution in [0.25, 0.3) is 5.52 Å². The molecule has 0 aromatic carbocycles. The van der Waals surface area contributed by atoms with E-state index in [2.05, 4.69) is 17.2 Å². The molecule has 2 N–H and O–H groups in total. The third kappa shape index (κ3) is 2.36. The van der Waals surface area contributed by atoms with Gasteiger partial charge in [0, 0.05) is 11.8 Å². The van der Waals surface area contributed by atoms with Crippen LogP contribution in [-0.4, -0.2) is 25.7 Å². The Bertz CT molecular complexity index is 639. The molecule has 21 heavy (non-hydrogen) atoms. The van der Waals surface area contributed by atoms with Gasteiger partial charge in [-0.25, -0.2) is 4.98 Å². The standard InChI is InChI=1S/C17H22N2O2/c20-13-5-3-12(4-6-13)17(21)16-14(11-1-2-11)7-8-19-10-18-9-15(16)19/h7-13,17,20-21H,1-6H2/t12-,13+,17?. The molecule has 0 aliphatic heterocycles. The molecule has 2 aromatic heterocycles. The number of aromatic nitrogens is 2. The van der Waals surface area contributed by atoms with Gasteiger partial charge in [0.15, 0.2) is 0 Å². The predicted molar refractivity (Wildman–Crippen MR) is 80.1 cm³/mol. The van der Waals surface area contributed by atoms with Crippen molar-refractivity contribution in [3.05, 3.63) is 35.9 Å². The lowest BCUT2D eigenvalue weighted by atomic mass is 9.80. The van der Waals surface area contributed by atoms with E-state index in [1.807, 2.05) is 10.6 Å². The van der Waals surface area contributed by atoms with E-state index in [4.69, 9.17) is 0 Å². The van der Waals surface area contributed by atoms with Gasteiger partial charge in [0.1, 0.15) is 0 Å². The smallest absolute Gasteiger partial charge is 0.0992 e. The molecule has 0 spiro atoms. The molecular weight excluding hydrogens is 264 g/mol. The fraction of sp³-hybridized carbons (Fsp3) is 0.588. The third-order valence-corrected chi connectivity index (χ3v) is 5.17. The van der Waals surface area contributed by atoms with Crippen molar-refractivity contribution < 1.29 is 10.2 Å². The highest BCUT2D eigenvalue weighted by Gasteiger charge is 2.33. The van der Waals surface area contributed by atoms with Crippen molar-refractivity contribution in [3.8, 4) is 0 Å². The first-order valence-corrected chi connectivity index (χ1v) is 8.04. The number of rotatable bonds is 3. The Balaban J connectivity index is 1.73. The maximum Gasteiger partial charge on any atom is 0.0992 e. The maximum atomic E-state index is 11.0. The predicted octanol–water partition coefficient (Wildman–Crippen LogP) is 2.80. The number of imidazole rings is 1. The molecule has 2 aliphatic carbocycles. The Labute approximate surface area is 124 Å². The van der Waals surface area contributed by atoms with E-state index < -0.39 is 6.10 Å².